The Bertz CT molecular complexity index is 681. The third-order valence-corrected chi connectivity index (χ3v) is 3.78. The average molecular weight is 320 g/mol. The van der Waals surface area contributed by atoms with E-state index < -0.39 is 0 Å². The fourth-order valence-electron chi connectivity index (χ4n) is 2.36. The maximum absolute atomic E-state index is 6.16. The van der Waals surface area contributed by atoms with Gasteiger partial charge in [0.1, 0.15) is 17.3 Å². The Morgan fingerprint density at radius 3 is 2.77 bits per heavy atom. The Hall–Kier alpha value is -1.76. The van der Waals surface area contributed by atoms with Gasteiger partial charge < -0.3 is 15.8 Å². The number of aromatic nitrogens is 3. The van der Waals surface area contributed by atoms with Gasteiger partial charge in [0.05, 0.1) is 29.6 Å². The molecule has 0 radical (unpaired) electrons. The van der Waals surface area contributed by atoms with E-state index in [1.54, 1.807) is 6.07 Å². The van der Waals surface area contributed by atoms with Crippen molar-refractivity contribution in [2.75, 3.05) is 18.9 Å². The molecular weight excluding hydrogens is 302 g/mol. The van der Waals surface area contributed by atoms with Gasteiger partial charge in [-0.2, -0.15) is 0 Å². The highest BCUT2D eigenvalue weighted by Gasteiger charge is 2.28. The molecule has 0 aliphatic carbocycles. The zero-order valence-electron chi connectivity index (χ0n) is 12.5. The highest BCUT2D eigenvalue weighted by molar-refractivity contribution is 6.29. The molecule has 0 amide bonds. The molecule has 2 aromatic heterocycles. The number of ether oxygens (including phenoxy) is 1. The molecule has 7 heteroatoms. The molecule has 2 aromatic rings. The summed E-state index contributed by atoms with van der Waals surface area (Å²) in [6.07, 6.45) is 1.41. The van der Waals surface area contributed by atoms with Crippen molar-refractivity contribution in [3.05, 3.63) is 35.2 Å². The van der Waals surface area contributed by atoms with Crippen molar-refractivity contribution in [2.45, 2.75) is 25.5 Å². The number of halogens is 1. The lowest BCUT2D eigenvalue weighted by molar-refractivity contribution is -0.0586. The first-order chi connectivity index (χ1) is 10.4. The van der Waals surface area contributed by atoms with Crippen molar-refractivity contribution in [3.63, 3.8) is 0 Å². The second-order valence-electron chi connectivity index (χ2n) is 5.94. The monoisotopic (exact) mass is 319 g/mol. The topological polar surface area (TPSA) is 86.0 Å². The fourth-order valence-corrected chi connectivity index (χ4v) is 2.58. The van der Waals surface area contributed by atoms with E-state index in [1.165, 1.54) is 6.33 Å². The quantitative estimate of drug-likeness (QED) is 0.825. The van der Waals surface area contributed by atoms with Gasteiger partial charge in [0.2, 0.25) is 0 Å². The maximum atomic E-state index is 6.16. The van der Waals surface area contributed by atoms with Crippen LogP contribution in [0.15, 0.2) is 24.5 Å². The Kier molecular flexibility index (Phi) is 3.99. The summed E-state index contributed by atoms with van der Waals surface area (Å²) >= 11 is 6.16. The van der Waals surface area contributed by atoms with Crippen LogP contribution in [0.5, 0.6) is 0 Å². The molecule has 0 spiro atoms. The molecule has 116 valence electrons. The summed E-state index contributed by atoms with van der Waals surface area (Å²) in [5.41, 5.74) is 7.88. The van der Waals surface area contributed by atoms with Crippen molar-refractivity contribution >= 4 is 17.4 Å². The molecular formula is C15H18ClN5O. The zero-order valence-corrected chi connectivity index (χ0v) is 13.3. The van der Waals surface area contributed by atoms with Gasteiger partial charge in [0.15, 0.2) is 0 Å². The van der Waals surface area contributed by atoms with Gasteiger partial charge in [0.25, 0.3) is 0 Å². The molecule has 0 bridgehead atoms. The number of nitrogens with one attached hydrogen (secondary N) is 1. The third kappa shape index (κ3) is 3.35. The molecule has 0 saturated carbocycles. The van der Waals surface area contributed by atoms with Gasteiger partial charge in [-0.25, -0.2) is 15.0 Å². The summed E-state index contributed by atoms with van der Waals surface area (Å²) in [6.45, 7) is 5.47. The Balaban J connectivity index is 1.91. The number of hydrogen-bond acceptors (Lipinski definition) is 6. The average Bonchev–Trinajstić information content (AvgIpc) is 2.46. The fraction of sp³-hybridized carbons (Fsp3) is 0.400. The number of nitrogens with zero attached hydrogens (tertiary/aromatic N) is 3. The molecule has 1 unspecified atom stereocenters. The standard InChI is InChI=1S/C15H18ClN5O/c1-15(2)7-18-12(6-22-15)9-3-11(21-13(16)4-9)10-5-14(17)20-8-19-10/h3-5,8,12,18H,6-7H2,1-2H3,(H2,17,19,20). The highest BCUT2D eigenvalue weighted by atomic mass is 35.5. The number of nitrogen functional groups attached to an aromatic ring is 1. The molecule has 3 N–H and O–H groups in total. The van der Waals surface area contributed by atoms with Gasteiger partial charge in [-0.05, 0) is 31.5 Å². The Labute approximate surface area is 134 Å². The van der Waals surface area contributed by atoms with Gasteiger partial charge in [-0.3, -0.25) is 0 Å². The molecule has 1 atom stereocenters. The summed E-state index contributed by atoms with van der Waals surface area (Å²) in [5.74, 6) is 0.397. The normalized spacial score (nSPS) is 20.8. The maximum Gasteiger partial charge on any atom is 0.130 e. The number of anilines is 1. The minimum Gasteiger partial charge on any atom is -0.384 e. The van der Waals surface area contributed by atoms with Crippen molar-refractivity contribution in [1.82, 2.24) is 20.3 Å². The first-order valence-electron chi connectivity index (χ1n) is 7.06. The second-order valence-corrected chi connectivity index (χ2v) is 6.33. The minimum atomic E-state index is -0.155. The molecule has 3 heterocycles. The van der Waals surface area contributed by atoms with Crippen LogP contribution >= 0.6 is 11.6 Å². The van der Waals surface area contributed by atoms with Crippen LogP contribution in [-0.2, 0) is 4.74 Å². The van der Waals surface area contributed by atoms with Crippen LogP contribution in [0.1, 0.15) is 25.5 Å². The predicted octanol–water partition coefficient (Wildman–Crippen LogP) is 2.21. The van der Waals surface area contributed by atoms with Gasteiger partial charge >= 0.3 is 0 Å². The van der Waals surface area contributed by atoms with E-state index in [4.69, 9.17) is 22.1 Å². The number of hydrogen-bond donors (Lipinski definition) is 2. The lowest BCUT2D eigenvalue weighted by atomic mass is 10.0. The van der Waals surface area contributed by atoms with E-state index in [0.717, 1.165) is 12.1 Å². The number of nitrogens with two attached hydrogens (primary N) is 1. The first kappa shape index (κ1) is 15.1. The molecule has 6 nitrogen and oxygen atoms in total. The SMILES string of the molecule is CC1(C)CNC(c2cc(Cl)nc(-c3cc(N)ncn3)c2)CO1. The van der Waals surface area contributed by atoms with Crippen molar-refractivity contribution in [2.24, 2.45) is 0 Å². The molecule has 1 aliphatic rings. The van der Waals surface area contributed by atoms with E-state index in [0.29, 0.717) is 29.0 Å². The van der Waals surface area contributed by atoms with Crippen LogP contribution < -0.4 is 11.1 Å². The Morgan fingerprint density at radius 2 is 2.09 bits per heavy atom. The van der Waals surface area contributed by atoms with Crippen LogP contribution in [0, 0.1) is 0 Å². The molecule has 3 rings (SSSR count). The smallest absolute Gasteiger partial charge is 0.130 e. The van der Waals surface area contributed by atoms with Crippen molar-refractivity contribution in [1.29, 1.82) is 0 Å². The molecule has 0 aromatic carbocycles. The van der Waals surface area contributed by atoms with Crippen molar-refractivity contribution < 1.29 is 4.74 Å². The van der Waals surface area contributed by atoms with E-state index >= 15 is 0 Å². The lowest BCUT2D eigenvalue weighted by Crippen LogP contribution is -2.47. The minimum absolute atomic E-state index is 0.0754. The largest absolute Gasteiger partial charge is 0.384 e. The van der Waals surface area contributed by atoms with E-state index in [2.05, 4.69) is 34.1 Å². The van der Waals surface area contributed by atoms with Crippen molar-refractivity contribution in [3.8, 4) is 11.4 Å². The number of morpholine rings is 1. The van der Waals surface area contributed by atoms with E-state index in [-0.39, 0.29) is 11.6 Å². The molecule has 1 fully saturated rings. The van der Waals surface area contributed by atoms with Gasteiger partial charge in [-0.1, -0.05) is 11.6 Å². The Morgan fingerprint density at radius 1 is 1.27 bits per heavy atom. The van der Waals surface area contributed by atoms with Crippen LogP contribution in [0.3, 0.4) is 0 Å². The summed E-state index contributed by atoms with van der Waals surface area (Å²) in [7, 11) is 0. The molecule has 22 heavy (non-hydrogen) atoms. The molecule has 1 aliphatic heterocycles. The summed E-state index contributed by atoms with van der Waals surface area (Å²) in [5, 5.41) is 3.89. The zero-order chi connectivity index (χ0) is 15.7. The van der Waals surface area contributed by atoms with Crippen LogP contribution in [0.4, 0.5) is 5.82 Å². The number of pyridine rings is 1. The lowest BCUT2D eigenvalue weighted by Gasteiger charge is -2.36. The summed E-state index contributed by atoms with van der Waals surface area (Å²) in [4.78, 5) is 12.4. The van der Waals surface area contributed by atoms with Crippen LogP contribution in [0.2, 0.25) is 5.15 Å². The van der Waals surface area contributed by atoms with E-state index in [9.17, 15) is 0 Å². The van der Waals surface area contributed by atoms with E-state index in [1.807, 2.05) is 12.1 Å². The second kappa shape index (κ2) is 5.79. The third-order valence-electron chi connectivity index (χ3n) is 3.58. The van der Waals surface area contributed by atoms with Gasteiger partial charge in [0, 0.05) is 12.6 Å². The summed E-state index contributed by atoms with van der Waals surface area (Å²) < 4.78 is 5.87. The predicted molar refractivity (Wildman–Crippen MR) is 85.5 cm³/mol. The molecule has 1 saturated heterocycles. The van der Waals surface area contributed by atoms with Crippen LogP contribution in [-0.4, -0.2) is 33.7 Å². The highest BCUT2D eigenvalue weighted by Crippen LogP contribution is 2.27. The number of rotatable bonds is 2. The first-order valence-corrected chi connectivity index (χ1v) is 7.43. The summed E-state index contributed by atoms with van der Waals surface area (Å²) in [6, 6.07) is 5.55. The van der Waals surface area contributed by atoms with Crippen LogP contribution in [0.25, 0.3) is 11.4 Å². The van der Waals surface area contributed by atoms with Gasteiger partial charge in [-0.15, -0.1) is 0 Å².